The van der Waals surface area contributed by atoms with Gasteiger partial charge in [0.15, 0.2) is 0 Å². The van der Waals surface area contributed by atoms with Gasteiger partial charge in [-0.2, -0.15) is 0 Å². The van der Waals surface area contributed by atoms with Gasteiger partial charge in [-0.25, -0.2) is 19.2 Å². The molecule has 5 aromatic rings. The van der Waals surface area contributed by atoms with Crippen LogP contribution >= 0.6 is 0 Å². The van der Waals surface area contributed by atoms with Crippen LogP contribution in [0.5, 0.6) is 23.0 Å². The molecule has 0 unspecified atom stereocenters. The Morgan fingerprint density at radius 1 is 0.400 bits per heavy atom. The van der Waals surface area contributed by atoms with E-state index in [2.05, 4.69) is 45.9 Å². The summed E-state index contributed by atoms with van der Waals surface area (Å²) in [5.74, 6) is -4.05. The molecule has 10 nitrogen and oxygen atoms in total. The van der Waals surface area contributed by atoms with E-state index >= 15 is 0 Å². The predicted octanol–water partition coefficient (Wildman–Crippen LogP) is 8.72. The van der Waals surface area contributed by atoms with E-state index in [0.717, 1.165) is 22.3 Å². The van der Waals surface area contributed by atoms with Gasteiger partial charge in [-0.15, -0.1) is 0 Å². The highest BCUT2D eigenvalue weighted by Gasteiger charge is 2.28. The van der Waals surface area contributed by atoms with Crippen molar-refractivity contribution >= 4 is 23.9 Å². The van der Waals surface area contributed by atoms with Crippen LogP contribution in [0.2, 0.25) is 0 Å². The molecule has 0 aromatic heterocycles. The Labute approximate surface area is 287 Å². The summed E-state index contributed by atoms with van der Waals surface area (Å²) in [5, 5.41) is 37.4. The van der Waals surface area contributed by atoms with E-state index in [4.69, 9.17) is 9.47 Å². The zero-order valence-electron chi connectivity index (χ0n) is 27.6. The van der Waals surface area contributed by atoms with Crippen molar-refractivity contribution in [2.45, 2.75) is 38.5 Å². The average Bonchev–Trinajstić information content (AvgIpc) is 3.08. The highest BCUT2D eigenvalue weighted by atomic mass is 16.5. The Kier molecular flexibility index (Phi) is 9.49. The van der Waals surface area contributed by atoms with Crippen molar-refractivity contribution in [2.24, 2.45) is 0 Å². The first kappa shape index (κ1) is 34.9. The number of carboxylic acid groups (broad SMARTS) is 4. The number of carboxylic acids is 4. The van der Waals surface area contributed by atoms with E-state index in [0.29, 0.717) is 11.5 Å². The first-order valence-electron chi connectivity index (χ1n) is 15.5. The maximum absolute atomic E-state index is 11.6. The molecule has 10 heteroatoms. The molecule has 0 saturated heterocycles. The van der Waals surface area contributed by atoms with Crippen LogP contribution in [0.4, 0.5) is 0 Å². The maximum atomic E-state index is 11.6. The number of benzene rings is 5. The van der Waals surface area contributed by atoms with Crippen LogP contribution in [0.25, 0.3) is 0 Å². The van der Waals surface area contributed by atoms with Crippen LogP contribution in [0, 0.1) is 0 Å². The molecule has 5 aromatic carbocycles. The van der Waals surface area contributed by atoms with Crippen LogP contribution in [-0.2, 0) is 10.8 Å². The summed E-state index contributed by atoms with van der Waals surface area (Å²) in [4.78, 5) is 45.9. The SMILES string of the molecule is CC(C)(c1ccc(Oc2ccc(C(=O)O)c(C(=O)O)c2)cc1)c1cccc(C(C)(C)c2ccc(Oc3ccc(C(=O)O)c(C(=O)O)c3)cc2)c1. The molecule has 0 fully saturated rings. The van der Waals surface area contributed by atoms with Crippen LogP contribution in [0.1, 0.15) is 91.4 Å². The Bertz CT molecular complexity index is 1960. The normalized spacial score (nSPS) is 11.4. The molecule has 0 heterocycles. The molecule has 0 aliphatic carbocycles. The van der Waals surface area contributed by atoms with Gasteiger partial charge >= 0.3 is 23.9 Å². The summed E-state index contributed by atoms with van der Waals surface area (Å²) >= 11 is 0. The van der Waals surface area contributed by atoms with Gasteiger partial charge in [0.25, 0.3) is 0 Å². The fourth-order valence-electron chi connectivity index (χ4n) is 5.68. The highest BCUT2D eigenvalue weighted by molar-refractivity contribution is 6.02. The standard InChI is InChI=1S/C40H34O10/c1-39(2,23-8-12-27(13-9-23)49-29-16-18-31(35(41)42)33(21-29)37(45)46)25-6-5-7-26(20-25)40(3,4)24-10-14-28(15-11-24)50-30-17-19-32(36(43)44)34(22-30)38(47)48/h5-22H,1-4H3,(H,41,42)(H,43,44)(H,45,46)(H,47,48). The smallest absolute Gasteiger partial charge is 0.336 e. The number of rotatable bonds is 12. The molecule has 0 amide bonds. The van der Waals surface area contributed by atoms with Gasteiger partial charge < -0.3 is 29.9 Å². The summed E-state index contributed by atoms with van der Waals surface area (Å²) in [5.41, 5.74) is 1.99. The molecule has 0 radical (unpaired) electrons. The van der Waals surface area contributed by atoms with Crippen molar-refractivity contribution in [1.29, 1.82) is 0 Å². The van der Waals surface area contributed by atoms with Crippen molar-refractivity contribution in [2.75, 3.05) is 0 Å². The largest absolute Gasteiger partial charge is 0.478 e. The van der Waals surface area contributed by atoms with E-state index in [1.54, 1.807) is 24.3 Å². The number of aromatic carboxylic acids is 4. The average molecular weight is 675 g/mol. The molecule has 0 saturated carbocycles. The van der Waals surface area contributed by atoms with Gasteiger partial charge in [-0.3, -0.25) is 0 Å². The van der Waals surface area contributed by atoms with Crippen LogP contribution in [0.15, 0.2) is 109 Å². The second-order valence-corrected chi connectivity index (χ2v) is 12.7. The van der Waals surface area contributed by atoms with E-state index < -0.39 is 34.7 Å². The summed E-state index contributed by atoms with van der Waals surface area (Å²) < 4.78 is 11.7. The minimum absolute atomic E-state index is 0.204. The van der Waals surface area contributed by atoms with Crippen molar-refractivity contribution < 1.29 is 49.1 Å². The van der Waals surface area contributed by atoms with Gasteiger partial charge in [-0.05, 0) is 82.9 Å². The molecule has 254 valence electrons. The molecular formula is C40H34O10. The number of hydrogen-bond donors (Lipinski definition) is 4. The van der Waals surface area contributed by atoms with Crippen LogP contribution in [-0.4, -0.2) is 44.3 Å². The monoisotopic (exact) mass is 674 g/mol. The minimum atomic E-state index is -1.36. The Balaban J connectivity index is 1.33. The quantitative estimate of drug-likeness (QED) is 0.100. The number of carbonyl (C=O) groups is 4. The zero-order chi connectivity index (χ0) is 36.4. The van der Waals surface area contributed by atoms with Gasteiger partial charge in [0.05, 0.1) is 22.3 Å². The fourth-order valence-corrected chi connectivity index (χ4v) is 5.68. The molecule has 4 N–H and O–H groups in total. The number of hydrogen-bond acceptors (Lipinski definition) is 6. The molecule has 0 aliphatic rings. The molecular weight excluding hydrogens is 640 g/mol. The molecule has 0 spiro atoms. The van der Waals surface area contributed by atoms with Crippen molar-refractivity contribution in [3.8, 4) is 23.0 Å². The van der Waals surface area contributed by atoms with Crippen molar-refractivity contribution in [3.63, 3.8) is 0 Å². The third-order valence-corrected chi connectivity index (χ3v) is 8.83. The Morgan fingerprint density at radius 2 is 0.720 bits per heavy atom. The Morgan fingerprint density at radius 3 is 1.04 bits per heavy atom. The number of ether oxygens (including phenoxy) is 2. The summed E-state index contributed by atoms with van der Waals surface area (Å²) in [6, 6.07) is 30.8. The minimum Gasteiger partial charge on any atom is -0.478 e. The molecule has 0 bridgehead atoms. The van der Waals surface area contributed by atoms with Crippen molar-refractivity contribution in [1.82, 2.24) is 0 Å². The van der Waals surface area contributed by atoms with E-state index in [1.807, 2.05) is 30.3 Å². The summed E-state index contributed by atoms with van der Waals surface area (Å²) in [6.07, 6.45) is 0. The maximum Gasteiger partial charge on any atom is 0.336 e. The van der Waals surface area contributed by atoms with Gasteiger partial charge in [0.2, 0.25) is 0 Å². The lowest BCUT2D eigenvalue weighted by Crippen LogP contribution is -2.22. The lowest BCUT2D eigenvalue weighted by molar-refractivity contribution is 0.0651. The molecule has 0 aliphatic heterocycles. The summed E-state index contributed by atoms with van der Waals surface area (Å²) in [6.45, 7) is 8.46. The fraction of sp³-hybridized carbons (Fsp3) is 0.150. The second-order valence-electron chi connectivity index (χ2n) is 12.7. The lowest BCUT2D eigenvalue weighted by atomic mass is 9.73. The van der Waals surface area contributed by atoms with Crippen LogP contribution in [0.3, 0.4) is 0 Å². The first-order chi connectivity index (χ1) is 23.6. The third-order valence-electron chi connectivity index (χ3n) is 8.83. The van der Waals surface area contributed by atoms with Crippen LogP contribution < -0.4 is 9.47 Å². The van der Waals surface area contributed by atoms with E-state index in [9.17, 15) is 39.6 Å². The van der Waals surface area contributed by atoms with E-state index in [1.165, 1.54) is 36.4 Å². The first-order valence-corrected chi connectivity index (χ1v) is 15.5. The zero-order valence-corrected chi connectivity index (χ0v) is 27.6. The predicted molar refractivity (Wildman–Crippen MR) is 184 cm³/mol. The third kappa shape index (κ3) is 7.19. The van der Waals surface area contributed by atoms with Gasteiger partial charge in [0.1, 0.15) is 23.0 Å². The van der Waals surface area contributed by atoms with Crippen molar-refractivity contribution in [3.05, 3.63) is 154 Å². The lowest BCUT2D eigenvalue weighted by Gasteiger charge is -2.31. The topological polar surface area (TPSA) is 168 Å². The molecule has 5 rings (SSSR count). The molecule has 50 heavy (non-hydrogen) atoms. The highest BCUT2D eigenvalue weighted by Crippen LogP contribution is 2.38. The van der Waals surface area contributed by atoms with E-state index in [-0.39, 0.29) is 33.8 Å². The second kappa shape index (κ2) is 13.6. The summed E-state index contributed by atoms with van der Waals surface area (Å²) in [7, 11) is 0. The van der Waals surface area contributed by atoms with Gasteiger partial charge in [0, 0.05) is 10.8 Å². The molecule has 0 atom stereocenters. The Hall–Kier alpha value is -6.42. The van der Waals surface area contributed by atoms with Gasteiger partial charge in [-0.1, -0.05) is 76.2 Å².